The summed E-state index contributed by atoms with van der Waals surface area (Å²) in [6.07, 6.45) is 1.63. The molecule has 1 heterocycles. The molecule has 0 saturated heterocycles. The molecule has 2 rings (SSSR count). The van der Waals surface area contributed by atoms with E-state index in [2.05, 4.69) is 15.6 Å². The van der Waals surface area contributed by atoms with Gasteiger partial charge in [0.15, 0.2) is 0 Å². The van der Waals surface area contributed by atoms with Gasteiger partial charge in [-0.05, 0) is 12.1 Å². The monoisotopic (exact) mass is 260 g/mol. The third-order valence-electron chi connectivity index (χ3n) is 2.55. The Hall–Kier alpha value is -2.70. The van der Waals surface area contributed by atoms with E-state index >= 15 is 0 Å². The molecule has 7 nitrogen and oxygen atoms in total. The average Bonchev–Trinajstić information content (AvgIpc) is 2.87. The summed E-state index contributed by atoms with van der Waals surface area (Å²) in [6.45, 7) is 0.0940. The molecule has 1 aromatic heterocycles. The number of rotatable bonds is 4. The van der Waals surface area contributed by atoms with E-state index in [0.717, 1.165) is 5.56 Å². The van der Waals surface area contributed by atoms with E-state index in [9.17, 15) is 9.59 Å². The summed E-state index contributed by atoms with van der Waals surface area (Å²) in [5, 5.41) is 19.1. The number of likely N-dealkylation sites (N-methyl/N-ethyl adjacent to an activating group) is 1. The number of carbonyl (C=O) groups excluding carboxylic acids is 1. The van der Waals surface area contributed by atoms with E-state index in [-0.39, 0.29) is 18.0 Å². The summed E-state index contributed by atoms with van der Waals surface area (Å²) in [4.78, 5) is 21.9. The van der Waals surface area contributed by atoms with Crippen LogP contribution in [0, 0.1) is 0 Å². The van der Waals surface area contributed by atoms with E-state index in [1.807, 2.05) is 0 Å². The van der Waals surface area contributed by atoms with Crippen molar-refractivity contribution in [1.29, 1.82) is 0 Å². The Labute approximate surface area is 108 Å². The lowest BCUT2D eigenvalue weighted by Crippen LogP contribution is -2.23. The molecule has 19 heavy (non-hydrogen) atoms. The molecular weight excluding hydrogens is 248 g/mol. The largest absolute Gasteiger partial charge is 0.478 e. The second kappa shape index (κ2) is 5.30. The third-order valence-corrected chi connectivity index (χ3v) is 2.55. The molecule has 0 aliphatic rings. The number of hydrogen-bond donors (Lipinski definition) is 2. The van der Waals surface area contributed by atoms with Gasteiger partial charge in [0.1, 0.15) is 12.2 Å². The molecule has 2 aromatic rings. The minimum absolute atomic E-state index is 0.0940. The van der Waals surface area contributed by atoms with Gasteiger partial charge in [0.05, 0.1) is 11.8 Å². The maximum absolute atomic E-state index is 11.2. The lowest BCUT2D eigenvalue weighted by molar-refractivity contribution is -0.121. The van der Waals surface area contributed by atoms with Gasteiger partial charge in [0.25, 0.3) is 0 Å². The summed E-state index contributed by atoms with van der Waals surface area (Å²) in [5.74, 6) is -1.15. The lowest BCUT2D eigenvalue weighted by atomic mass is 10.1. The van der Waals surface area contributed by atoms with Crippen LogP contribution in [0.25, 0.3) is 11.3 Å². The van der Waals surface area contributed by atoms with E-state index in [0.29, 0.717) is 5.69 Å². The molecule has 0 saturated carbocycles. The standard InChI is InChI=1S/C12H12N4O3/c1-13-11(17)7-16-6-10(14-15-16)8-2-4-9(5-3-8)12(18)19/h2-6H,7H2,1H3,(H,13,17)(H,18,19). The van der Waals surface area contributed by atoms with Crippen molar-refractivity contribution in [2.24, 2.45) is 0 Å². The molecule has 98 valence electrons. The van der Waals surface area contributed by atoms with Gasteiger partial charge in [-0.15, -0.1) is 5.10 Å². The smallest absolute Gasteiger partial charge is 0.335 e. The molecule has 1 amide bonds. The highest BCUT2D eigenvalue weighted by molar-refractivity contribution is 5.88. The van der Waals surface area contributed by atoms with Crippen molar-refractivity contribution in [3.8, 4) is 11.3 Å². The van der Waals surface area contributed by atoms with Gasteiger partial charge < -0.3 is 10.4 Å². The van der Waals surface area contributed by atoms with Gasteiger partial charge in [0, 0.05) is 12.6 Å². The highest BCUT2D eigenvalue weighted by Gasteiger charge is 2.08. The van der Waals surface area contributed by atoms with Gasteiger partial charge in [-0.3, -0.25) is 4.79 Å². The second-order valence-electron chi connectivity index (χ2n) is 3.86. The number of benzene rings is 1. The number of nitrogens with zero attached hydrogens (tertiary/aromatic N) is 3. The quantitative estimate of drug-likeness (QED) is 0.828. The van der Waals surface area contributed by atoms with Gasteiger partial charge in [0.2, 0.25) is 5.91 Å². The molecule has 0 atom stereocenters. The Bertz CT molecular complexity index is 604. The zero-order valence-electron chi connectivity index (χ0n) is 10.2. The van der Waals surface area contributed by atoms with Gasteiger partial charge in [-0.2, -0.15) is 0 Å². The fourth-order valence-electron chi connectivity index (χ4n) is 1.52. The van der Waals surface area contributed by atoms with Crippen LogP contribution in [-0.2, 0) is 11.3 Å². The van der Waals surface area contributed by atoms with E-state index in [4.69, 9.17) is 5.11 Å². The molecule has 0 aliphatic carbocycles. The third kappa shape index (κ3) is 2.95. The minimum atomic E-state index is -0.977. The van der Waals surface area contributed by atoms with Gasteiger partial charge in [-0.25, -0.2) is 9.48 Å². The summed E-state index contributed by atoms with van der Waals surface area (Å²) < 4.78 is 1.42. The Morgan fingerprint density at radius 1 is 1.32 bits per heavy atom. The number of carbonyl (C=O) groups is 2. The van der Waals surface area contributed by atoms with Crippen molar-refractivity contribution >= 4 is 11.9 Å². The lowest BCUT2D eigenvalue weighted by Gasteiger charge is -1.98. The van der Waals surface area contributed by atoms with Crippen molar-refractivity contribution in [2.75, 3.05) is 7.05 Å². The van der Waals surface area contributed by atoms with Gasteiger partial charge in [-0.1, -0.05) is 17.3 Å². The van der Waals surface area contributed by atoms with Crippen LogP contribution in [0.5, 0.6) is 0 Å². The fraction of sp³-hybridized carbons (Fsp3) is 0.167. The molecule has 1 aromatic carbocycles. The SMILES string of the molecule is CNC(=O)Cn1cc(-c2ccc(C(=O)O)cc2)nn1. The maximum Gasteiger partial charge on any atom is 0.335 e. The number of nitrogens with one attached hydrogen (secondary N) is 1. The summed E-state index contributed by atoms with van der Waals surface area (Å²) in [5.41, 5.74) is 1.54. The molecule has 2 N–H and O–H groups in total. The first-order valence-corrected chi connectivity index (χ1v) is 5.54. The van der Waals surface area contributed by atoms with Gasteiger partial charge >= 0.3 is 5.97 Å². The predicted octanol–water partition coefficient (Wildman–Crippen LogP) is 0.389. The molecular formula is C12H12N4O3. The molecule has 0 spiro atoms. The number of amides is 1. The average molecular weight is 260 g/mol. The number of aromatic nitrogens is 3. The number of aromatic carboxylic acids is 1. The van der Waals surface area contributed by atoms with Crippen molar-refractivity contribution in [1.82, 2.24) is 20.3 Å². The fourth-order valence-corrected chi connectivity index (χ4v) is 1.52. The number of carboxylic acid groups (broad SMARTS) is 1. The van der Waals surface area contributed by atoms with Crippen LogP contribution in [0.4, 0.5) is 0 Å². The van der Waals surface area contributed by atoms with E-state index < -0.39 is 5.97 Å². The zero-order chi connectivity index (χ0) is 13.8. The van der Waals surface area contributed by atoms with Crippen molar-refractivity contribution in [2.45, 2.75) is 6.54 Å². The molecule has 0 fully saturated rings. The van der Waals surface area contributed by atoms with E-state index in [1.165, 1.54) is 16.8 Å². The summed E-state index contributed by atoms with van der Waals surface area (Å²) >= 11 is 0. The zero-order valence-corrected chi connectivity index (χ0v) is 10.2. The Morgan fingerprint density at radius 3 is 2.58 bits per heavy atom. The number of hydrogen-bond acceptors (Lipinski definition) is 4. The van der Waals surface area contributed by atoms with Crippen molar-refractivity contribution in [3.05, 3.63) is 36.0 Å². The van der Waals surface area contributed by atoms with Crippen LogP contribution in [-0.4, -0.2) is 39.0 Å². The highest BCUT2D eigenvalue weighted by atomic mass is 16.4. The maximum atomic E-state index is 11.2. The summed E-state index contributed by atoms with van der Waals surface area (Å²) in [7, 11) is 1.55. The summed E-state index contributed by atoms with van der Waals surface area (Å²) in [6, 6.07) is 6.29. The normalized spacial score (nSPS) is 10.2. The van der Waals surface area contributed by atoms with Crippen molar-refractivity contribution < 1.29 is 14.7 Å². The van der Waals surface area contributed by atoms with Crippen LogP contribution in [0.1, 0.15) is 10.4 Å². The topological polar surface area (TPSA) is 97.1 Å². The van der Waals surface area contributed by atoms with Crippen LogP contribution in [0.15, 0.2) is 30.5 Å². The first kappa shape index (κ1) is 12.7. The van der Waals surface area contributed by atoms with Crippen LogP contribution >= 0.6 is 0 Å². The Kier molecular flexibility index (Phi) is 3.56. The molecule has 7 heteroatoms. The van der Waals surface area contributed by atoms with E-state index in [1.54, 1.807) is 25.4 Å². The second-order valence-corrected chi connectivity index (χ2v) is 3.86. The van der Waals surface area contributed by atoms with Crippen LogP contribution in [0.2, 0.25) is 0 Å². The Balaban J connectivity index is 2.18. The highest BCUT2D eigenvalue weighted by Crippen LogP contribution is 2.16. The molecule has 0 unspecified atom stereocenters. The first-order valence-electron chi connectivity index (χ1n) is 5.54. The van der Waals surface area contributed by atoms with Crippen LogP contribution in [0.3, 0.4) is 0 Å². The van der Waals surface area contributed by atoms with Crippen molar-refractivity contribution in [3.63, 3.8) is 0 Å². The predicted molar refractivity (Wildman–Crippen MR) is 66.5 cm³/mol. The number of carboxylic acids is 1. The molecule has 0 aliphatic heterocycles. The molecule has 0 radical (unpaired) electrons. The molecule has 0 bridgehead atoms. The van der Waals surface area contributed by atoms with Crippen LogP contribution < -0.4 is 5.32 Å². The minimum Gasteiger partial charge on any atom is -0.478 e. The Morgan fingerprint density at radius 2 is 2.00 bits per heavy atom. The first-order chi connectivity index (χ1) is 9.10.